The minimum absolute atomic E-state index is 0.0368. The largest absolute Gasteiger partial charge is 0.506 e. The molecule has 0 bridgehead atoms. The zero-order chi connectivity index (χ0) is 26.2. The lowest BCUT2D eigenvalue weighted by Gasteiger charge is -2.15. The molecule has 37 heavy (non-hydrogen) atoms. The summed E-state index contributed by atoms with van der Waals surface area (Å²) in [6, 6.07) is 21.5. The number of pyridine rings is 1. The van der Waals surface area contributed by atoms with Crippen LogP contribution in [0.1, 0.15) is 28.4 Å². The van der Waals surface area contributed by atoms with Gasteiger partial charge in [0.15, 0.2) is 0 Å². The Labute approximate surface area is 213 Å². The maximum absolute atomic E-state index is 11.6. The smallest absolute Gasteiger partial charge is 0.404 e. The van der Waals surface area contributed by atoms with Crippen LogP contribution in [0, 0.1) is 0 Å². The number of ether oxygens (including phenoxy) is 2. The molecular formula is C28H29N3O6. The van der Waals surface area contributed by atoms with Crippen molar-refractivity contribution in [3.05, 3.63) is 105 Å². The summed E-state index contributed by atoms with van der Waals surface area (Å²) in [5, 5.41) is 24.6. The van der Waals surface area contributed by atoms with Gasteiger partial charge in [-0.25, -0.2) is 4.79 Å². The van der Waals surface area contributed by atoms with E-state index in [0.29, 0.717) is 41.9 Å². The highest BCUT2D eigenvalue weighted by molar-refractivity contribution is 5.87. The second-order valence-corrected chi connectivity index (χ2v) is 8.62. The number of fused-ring (bicyclic) bond motifs is 1. The molecule has 0 spiro atoms. The number of H-pyrrole nitrogens is 1. The molecule has 1 atom stereocenters. The number of aromatic nitrogens is 1. The van der Waals surface area contributed by atoms with Gasteiger partial charge < -0.3 is 35.7 Å². The predicted molar refractivity (Wildman–Crippen MR) is 139 cm³/mol. The standard InChI is InChI=1S/C28H29N3O6/c29-28(35)37-17-20-5-2-6-21(14-20)36-16-19-4-1-3-18(13-19)11-12-30-15-25(33)22-7-9-24(32)27-23(22)8-10-26(34)31-27/h1-10,13-14,25,30,32-33H,11-12,15-17H2,(H2,29,35)(H,31,34)/t25-/m0/s1. The highest BCUT2D eigenvalue weighted by atomic mass is 16.5. The maximum Gasteiger partial charge on any atom is 0.404 e. The number of aromatic hydroxyl groups is 1. The first-order valence-corrected chi connectivity index (χ1v) is 11.8. The number of primary amides is 1. The van der Waals surface area contributed by atoms with Crippen LogP contribution >= 0.6 is 0 Å². The quantitative estimate of drug-likeness (QED) is 0.197. The molecule has 6 N–H and O–H groups in total. The first-order valence-electron chi connectivity index (χ1n) is 11.8. The van der Waals surface area contributed by atoms with E-state index in [0.717, 1.165) is 23.1 Å². The van der Waals surface area contributed by atoms with Gasteiger partial charge in [-0.15, -0.1) is 0 Å². The Bertz CT molecular complexity index is 1440. The highest BCUT2D eigenvalue weighted by Crippen LogP contribution is 2.28. The number of nitrogens with one attached hydrogen (secondary N) is 2. The Balaban J connectivity index is 1.27. The molecule has 4 rings (SSSR count). The van der Waals surface area contributed by atoms with Crippen molar-refractivity contribution in [3.8, 4) is 11.5 Å². The third-order valence-electron chi connectivity index (χ3n) is 5.87. The number of carbonyl (C=O) groups excluding carboxylic acids is 1. The third kappa shape index (κ3) is 7.09. The predicted octanol–water partition coefficient (Wildman–Crippen LogP) is 3.27. The molecule has 0 saturated heterocycles. The average Bonchev–Trinajstić information content (AvgIpc) is 2.89. The van der Waals surface area contributed by atoms with Gasteiger partial charge in [-0.1, -0.05) is 42.5 Å². The van der Waals surface area contributed by atoms with E-state index in [1.165, 1.54) is 12.1 Å². The molecule has 0 aliphatic rings. The number of hydrogen-bond acceptors (Lipinski definition) is 7. The second-order valence-electron chi connectivity index (χ2n) is 8.62. The fraction of sp³-hybridized carbons (Fsp3) is 0.214. The SMILES string of the molecule is NC(=O)OCc1cccc(OCc2cccc(CCNC[C@H](O)c3ccc(O)c4[nH]c(=O)ccc34)c2)c1. The number of phenols is 1. The van der Waals surface area contributed by atoms with Crippen molar-refractivity contribution in [1.82, 2.24) is 10.3 Å². The van der Waals surface area contributed by atoms with Crippen LogP contribution in [-0.2, 0) is 24.4 Å². The molecule has 0 unspecified atom stereocenters. The lowest BCUT2D eigenvalue weighted by molar-refractivity contribution is 0.150. The van der Waals surface area contributed by atoms with Crippen LogP contribution in [0.25, 0.3) is 10.9 Å². The van der Waals surface area contributed by atoms with Crippen molar-refractivity contribution in [2.45, 2.75) is 25.7 Å². The number of hydrogen-bond donors (Lipinski definition) is 5. The fourth-order valence-corrected chi connectivity index (χ4v) is 4.05. The number of benzene rings is 3. The molecule has 1 amide bonds. The van der Waals surface area contributed by atoms with Crippen molar-refractivity contribution >= 4 is 17.0 Å². The van der Waals surface area contributed by atoms with Crippen molar-refractivity contribution in [2.75, 3.05) is 13.1 Å². The number of phenolic OH excluding ortho intramolecular Hbond substituents is 1. The second kappa shape index (κ2) is 12.1. The van der Waals surface area contributed by atoms with Crippen LogP contribution in [0.3, 0.4) is 0 Å². The molecule has 3 aromatic carbocycles. The van der Waals surface area contributed by atoms with Crippen molar-refractivity contribution < 1.29 is 24.5 Å². The van der Waals surface area contributed by atoms with Gasteiger partial charge in [-0.05, 0) is 59.5 Å². The Morgan fingerprint density at radius 2 is 1.73 bits per heavy atom. The number of aromatic amines is 1. The molecule has 0 aliphatic heterocycles. The normalized spacial score (nSPS) is 11.8. The van der Waals surface area contributed by atoms with Crippen LogP contribution in [0.15, 0.2) is 77.6 Å². The van der Waals surface area contributed by atoms with Gasteiger partial charge in [-0.2, -0.15) is 0 Å². The summed E-state index contributed by atoms with van der Waals surface area (Å²) < 4.78 is 10.7. The Kier molecular flexibility index (Phi) is 8.40. The lowest BCUT2D eigenvalue weighted by atomic mass is 10.0. The van der Waals surface area contributed by atoms with Gasteiger partial charge in [0.2, 0.25) is 5.56 Å². The molecule has 1 heterocycles. The number of nitrogens with two attached hydrogens (primary N) is 1. The van der Waals surface area contributed by atoms with Crippen molar-refractivity contribution in [2.24, 2.45) is 5.73 Å². The fourth-order valence-electron chi connectivity index (χ4n) is 4.05. The highest BCUT2D eigenvalue weighted by Gasteiger charge is 2.13. The topological polar surface area (TPSA) is 147 Å². The van der Waals surface area contributed by atoms with Gasteiger partial charge in [0, 0.05) is 18.0 Å². The summed E-state index contributed by atoms with van der Waals surface area (Å²) >= 11 is 0. The molecule has 1 aromatic heterocycles. The third-order valence-corrected chi connectivity index (χ3v) is 5.87. The maximum atomic E-state index is 11.6. The molecule has 4 aromatic rings. The summed E-state index contributed by atoms with van der Waals surface area (Å²) in [7, 11) is 0. The van der Waals surface area contributed by atoms with Gasteiger partial charge in [0.05, 0.1) is 11.6 Å². The molecule has 9 heteroatoms. The van der Waals surface area contributed by atoms with E-state index < -0.39 is 12.2 Å². The van der Waals surface area contributed by atoms with Crippen LogP contribution in [0.2, 0.25) is 0 Å². The van der Waals surface area contributed by atoms with E-state index in [1.54, 1.807) is 18.2 Å². The molecule has 0 radical (unpaired) electrons. The molecular weight excluding hydrogens is 474 g/mol. The van der Waals surface area contributed by atoms with E-state index in [-0.39, 0.29) is 17.9 Å². The zero-order valence-electron chi connectivity index (χ0n) is 20.1. The number of carbonyl (C=O) groups is 1. The van der Waals surface area contributed by atoms with E-state index in [1.807, 2.05) is 36.4 Å². The molecule has 0 aliphatic carbocycles. The van der Waals surface area contributed by atoms with Gasteiger partial charge in [0.1, 0.15) is 24.7 Å². The van der Waals surface area contributed by atoms with E-state index in [2.05, 4.69) is 16.4 Å². The molecule has 9 nitrogen and oxygen atoms in total. The number of aliphatic hydroxyl groups excluding tert-OH is 1. The summed E-state index contributed by atoms with van der Waals surface area (Å²) in [5.74, 6) is 0.628. The van der Waals surface area contributed by atoms with E-state index in [4.69, 9.17) is 15.2 Å². The first-order chi connectivity index (χ1) is 17.9. The number of aliphatic hydroxyl groups is 1. The summed E-state index contributed by atoms with van der Waals surface area (Å²) in [6.07, 6.45) is -0.874. The van der Waals surface area contributed by atoms with Crippen LogP contribution < -0.4 is 21.3 Å². The Hall–Kier alpha value is -4.34. The lowest BCUT2D eigenvalue weighted by Crippen LogP contribution is -2.24. The van der Waals surface area contributed by atoms with Gasteiger partial charge >= 0.3 is 6.09 Å². The molecule has 0 fully saturated rings. The van der Waals surface area contributed by atoms with Crippen LogP contribution in [0.5, 0.6) is 11.5 Å². The first kappa shape index (κ1) is 25.7. The monoisotopic (exact) mass is 503 g/mol. The van der Waals surface area contributed by atoms with E-state index >= 15 is 0 Å². The minimum atomic E-state index is -0.821. The number of rotatable bonds is 11. The Morgan fingerprint density at radius 1 is 0.973 bits per heavy atom. The van der Waals surface area contributed by atoms with Crippen molar-refractivity contribution in [3.63, 3.8) is 0 Å². The summed E-state index contributed by atoms with van der Waals surface area (Å²) in [4.78, 5) is 25.0. The Morgan fingerprint density at radius 3 is 2.54 bits per heavy atom. The van der Waals surface area contributed by atoms with Crippen LogP contribution in [-0.4, -0.2) is 34.4 Å². The van der Waals surface area contributed by atoms with Crippen LogP contribution in [0.4, 0.5) is 4.79 Å². The molecule has 0 saturated carbocycles. The zero-order valence-corrected chi connectivity index (χ0v) is 20.1. The molecule has 192 valence electrons. The summed E-state index contributed by atoms with van der Waals surface area (Å²) in [6.45, 7) is 1.44. The average molecular weight is 504 g/mol. The van der Waals surface area contributed by atoms with Gasteiger partial charge in [-0.3, -0.25) is 4.79 Å². The summed E-state index contributed by atoms with van der Waals surface area (Å²) in [5.41, 5.74) is 8.56. The minimum Gasteiger partial charge on any atom is -0.506 e. The number of amides is 1. The van der Waals surface area contributed by atoms with Crippen molar-refractivity contribution in [1.29, 1.82) is 0 Å². The van der Waals surface area contributed by atoms with Gasteiger partial charge in [0.25, 0.3) is 0 Å². The van der Waals surface area contributed by atoms with E-state index in [9.17, 15) is 19.8 Å².